The topological polar surface area (TPSA) is 69.7 Å². The van der Waals surface area contributed by atoms with Gasteiger partial charge >= 0.3 is 0 Å². The number of fused-ring (bicyclic) bond motifs is 1. The molecule has 7 heteroatoms. The van der Waals surface area contributed by atoms with Crippen molar-refractivity contribution in [2.75, 3.05) is 6.79 Å². The van der Waals surface area contributed by atoms with Gasteiger partial charge in [0.15, 0.2) is 17.3 Å². The van der Waals surface area contributed by atoms with E-state index in [0.29, 0.717) is 0 Å². The van der Waals surface area contributed by atoms with Crippen LogP contribution in [0, 0.1) is 0 Å². The van der Waals surface area contributed by atoms with Gasteiger partial charge in [-0.2, -0.15) is 0 Å². The number of hydrogen-bond donors (Lipinski definition) is 0. The lowest BCUT2D eigenvalue weighted by Gasteiger charge is -2.04. The van der Waals surface area contributed by atoms with Gasteiger partial charge in [-0.3, -0.25) is 4.79 Å². The van der Waals surface area contributed by atoms with Crippen molar-refractivity contribution in [2.24, 2.45) is 0 Å². The second-order valence-electron chi connectivity index (χ2n) is 3.20. The summed E-state index contributed by atoms with van der Waals surface area (Å²) < 4.78 is 32.6. The SMILES string of the molecule is CC(=O)c1cc2c(c(S(=O)(=O)Cl)c1)OCO2. The molecule has 16 heavy (non-hydrogen) atoms. The normalized spacial score (nSPS) is 13.9. The Kier molecular flexibility index (Phi) is 2.55. The van der Waals surface area contributed by atoms with Crippen molar-refractivity contribution in [2.45, 2.75) is 11.8 Å². The quantitative estimate of drug-likeness (QED) is 0.597. The second kappa shape index (κ2) is 3.64. The van der Waals surface area contributed by atoms with Crippen LogP contribution in [0.4, 0.5) is 0 Å². The third-order valence-electron chi connectivity index (χ3n) is 2.11. The summed E-state index contributed by atoms with van der Waals surface area (Å²) in [5, 5.41) is 0. The van der Waals surface area contributed by atoms with E-state index in [-0.39, 0.29) is 34.5 Å². The molecule has 0 fully saturated rings. The molecule has 0 bridgehead atoms. The van der Waals surface area contributed by atoms with Crippen molar-refractivity contribution in [3.05, 3.63) is 17.7 Å². The van der Waals surface area contributed by atoms with Gasteiger partial charge in [0.25, 0.3) is 9.05 Å². The van der Waals surface area contributed by atoms with Gasteiger partial charge in [0, 0.05) is 16.2 Å². The van der Waals surface area contributed by atoms with Crippen LogP contribution in [0.15, 0.2) is 17.0 Å². The van der Waals surface area contributed by atoms with Crippen molar-refractivity contribution in [1.82, 2.24) is 0 Å². The Morgan fingerprint density at radius 1 is 1.38 bits per heavy atom. The van der Waals surface area contributed by atoms with Crippen LogP contribution in [0.5, 0.6) is 11.5 Å². The molecule has 86 valence electrons. The maximum atomic E-state index is 11.3. The van der Waals surface area contributed by atoms with Crippen molar-refractivity contribution in [3.8, 4) is 11.5 Å². The summed E-state index contributed by atoms with van der Waals surface area (Å²) in [5.41, 5.74) is 0.212. The number of carbonyl (C=O) groups excluding carboxylic acids is 1. The third-order valence-corrected chi connectivity index (χ3v) is 3.43. The minimum absolute atomic E-state index is 0.0556. The average Bonchev–Trinajstić information content (AvgIpc) is 2.61. The molecule has 0 spiro atoms. The largest absolute Gasteiger partial charge is 0.454 e. The lowest BCUT2D eigenvalue weighted by molar-refractivity contribution is 0.101. The zero-order valence-electron chi connectivity index (χ0n) is 8.19. The fraction of sp³-hybridized carbons (Fsp3) is 0.222. The molecule has 0 aromatic heterocycles. The molecule has 1 aliphatic rings. The molecular formula is C9H7ClO5S. The van der Waals surface area contributed by atoms with Crippen LogP contribution >= 0.6 is 10.7 Å². The fourth-order valence-electron chi connectivity index (χ4n) is 1.36. The summed E-state index contributed by atoms with van der Waals surface area (Å²) in [5.74, 6) is -0.00760. The van der Waals surface area contributed by atoms with Crippen molar-refractivity contribution < 1.29 is 22.7 Å². The molecule has 0 radical (unpaired) electrons. The van der Waals surface area contributed by atoms with Gasteiger partial charge < -0.3 is 9.47 Å². The van der Waals surface area contributed by atoms with Crippen LogP contribution in [0.1, 0.15) is 17.3 Å². The van der Waals surface area contributed by atoms with Gasteiger partial charge in [0.1, 0.15) is 4.90 Å². The van der Waals surface area contributed by atoms with E-state index in [2.05, 4.69) is 0 Å². The number of carbonyl (C=O) groups is 1. The highest BCUT2D eigenvalue weighted by Gasteiger charge is 2.27. The highest BCUT2D eigenvalue weighted by Crippen LogP contribution is 2.40. The molecule has 0 saturated heterocycles. The molecule has 2 rings (SSSR count). The first-order valence-corrected chi connectivity index (χ1v) is 6.60. The molecule has 0 saturated carbocycles. The number of hydrogen-bond acceptors (Lipinski definition) is 5. The fourth-order valence-corrected chi connectivity index (χ4v) is 2.35. The highest BCUT2D eigenvalue weighted by atomic mass is 35.7. The Morgan fingerprint density at radius 3 is 2.62 bits per heavy atom. The van der Waals surface area contributed by atoms with Gasteiger partial charge in [0.05, 0.1) is 0 Å². The Bertz CT molecular complexity index is 564. The molecule has 5 nitrogen and oxygen atoms in total. The maximum Gasteiger partial charge on any atom is 0.265 e. The van der Waals surface area contributed by atoms with Gasteiger partial charge in [-0.05, 0) is 19.1 Å². The Morgan fingerprint density at radius 2 is 2.06 bits per heavy atom. The number of halogens is 1. The van der Waals surface area contributed by atoms with E-state index in [9.17, 15) is 13.2 Å². The average molecular weight is 263 g/mol. The molecular weight excluding hydrogens is 256 g/mol. The van der Waals surface area contributed by atoms with Crippen molar-refractivity contribution in [1.29, 1.82) is 0 Å². The number of ketones is 1. The van der Waals surface area contributed by atoms with E-state index >= 15 is 0 Å². The number of ether oxygens (including phenoxy) is 2. The third kappa shape index (κ3) is 1.85. The molecule has 0 amide bonds. The Hall–Kier alpha value is -1.27. The smallest absolute Gasteiger partial charge is 0.265 e. The Balaban J connectivity index is 2.73. The van der Waals surface area contributed by atoms with E-state index in [4.69, 9.17) is 20.2 Å². The second-order valence-corrected chi connectivity index (χ2v) is 5.74. The van der Waals surface area contributed by atoms with Crippen LogP contribution in [-0.4, -0.2) is 21.0 Å². The number of benzene rings is 1. The standard InChI is InChI=1S/C9H7ClO5S/c1-5(11)6-2-7-9(15-4-14-7)8(3-6)16(10,12)13/h2-3H,4H2,1H3. The first-order valence-electron chi connectivity index (χ1n) is 4.29. The zero-order valence-corrected chi connectivity index (χ0v) is 9.76. The molecule has 0 aliphatic carbocycles. The molecule has 1 heterocycles. The summed E-state index contributed by atoms with van der Waals surface area (Å²) in [6, 6.07) is 2.61. The Labute approximate surface area is 96.3 Å². The van der Waals surface area contributed by atoms with Crippen LogP contribution in [0.2, 0.25) is 0 Å². The van der Waals surface area contributed by atoms with Gasteiger partial charge in [0.2, 0.25) is 6.79 Å². The molecule has 0 N–H and O–H groups in total. The lowest BCUT2D eigenvalue weighted by Crippen LogP contribution is -1.99. The van der Waals surface area contributed by atoms with Crippen molar-refractivity contribution >= 4 is 25.5 Å². The minimum atomic E-state index is -3.97. The van der Waals surface area contributed by atoms with Gasteiger partial charge in [-0.15, -0.1) is 0 Å². The van der Waals surface area contributed by atoms with Crippen molar-refractivity contribution in [3.63, 3.8) is 0 Å². The summed E-state index contributed by atoms with van der Waals surface area (Å²) in [7, 11) is 1.28. The predicted octanol–water partition coefficient (Wildman–Crippen LogP) is 1.55. The molecule has 0 unspecified atom stereocenters. The monoisotopic (exact) mass is 262 g/mol. The van der Waals surface area contributed by atoms with E-state index in [1.54, 1.807) is 0 Å². The van der Waals surface area contributed by atoms with Crippen LogP contribution in [0.3, 0.4) is 0 Å². The zero-order chi connectivity index (χ0) is 11.9. The van der Waals surface area contributed by atoms with E-state index in [1.165, 1.54) is 19.1 Å². The minimum Gasteiger partial charge on any atom is -0.454 e. The first kappa shape index (κ1) is 11.2. The maximum absolute atomic E-state index is 11.3. The molecule has 1 aromatic rings. The van der Waals surface area contributed by atoms with E-state index in [0.717, 1.165) is 0 Å². The molecule has 1 aliphatic heterocycles. The number of rotatable bonds is 2. The summed E-state index contributed by atoms with van der Waals surface area (Å²) >= 11 is 0. The molecule has 0 atom stereocenters. The molecule has 1 aromatic carbocycles. The van der Waals surface area contributed by atoms with Crippen LogP contribution in [0.25, 0.3) is 0 Å². The summed E-state index contributed by atoms with van der Waals surface area (Å²) in [4.78, 5) is 10.9. The number of Topliss-reactive ketones (excluding diaryl/α,β-unsaturated/α-hetero) is 1. The van der Waals surface area contributed by atoms with Gasteiger partial charge in [-0.25, -0.2) is 8.42 Å². The summed E-state index contributed by atoms with van der Waals surface area (Å²) in [6.07, 6.45) is 0. The van der Waals surface area contributed by atoms with E-state index in [1.807, 2.05) is 0 Å². The predicted molar refractivity (Wildman–Crippen MR) is 55.6 cm³/mol. The summed E-state index contributed by atoms with van der Waals surface area (Å²) in [6.45, 7) is 1.23. The first-order chi connectivity index (χ1) is 7.39. The highest BCUT2D eigenvalue weighted by molar-refractivity contribution is 8.13. The van der Waals surface area contributed by atoms with Gasteiger partial charge in [-0.1, -0.05) is 0 Å². The lowest BCUT2D eigenvalue weighted by atomic mass is 10.1. The van der Waals surface area contributed by atoms with E-state index < -0.39 is 9.05 Å². The van der Waals surface area contributed by atoms with Crippen LogP contribution < -0.4 is 9.47 Å². The van der Waals surface area contributed by atoms with Crippen LogP contribution in [-0.2, 0) is 9.05 Å².